The number of hydrazine groups is 1. The molecule has 0 aliphatic rings. The van der Waals surface area contributed by atoms with Gasteiger partial charge in [-0.1, -0.05) is 6.07 Å². The van der Waals surface area contributed by atoms with Crippen LogP contribution in [-0.2, 0) is 6.42 Å². The predicted molar refractivity (Wildman–Crippen MR) is 71.8 cm³/mol. The van der Waals surface area contributed by atoms with Crippen LogP contribution < -0.4 is 11.3 Å². The molecule has 2 rings (SSSR count). The second kappa shape index (κ2) is 5.56. The van der Waals surface area contributed by atoms with Gasteiger partial charge in [-0.05, 0) is 37.1 Å². The van der Waals surface area contributed by atoms with E-state index < -0.39 is 0 Å². The van der Waals surface area contributed by atoms with E-state index in [4.69, 9.17) is 5.84 Å². The molecular weight excluding hydrogens is 249 g/mol. The van der Waals surface area contributed by atoms with Gasteiger partial charge in [0, 0.05) is 11.8 Å². The van der Waals surface area contributed by atoms with Crippen LogP contribution in [0.25, 0.3) is 0 Å². The van der Waals surface area contributed by atoms with Gasteiger partial charge in [-0.3, -0.25) is 11.3 Å². The van der Waals surface area contributed by atoms with Crippen molar-refractivity contribution in [2.24, 2.45) is 5.84 Å². The summed E-state index contributed by atoms with van der Waals surface area (Å²) in [5.74, 6) is 5.33. The smallest absolute Gasteiger partial charge is 0.123 e. The number of hydrogen-bond acceptors (Lipinski definition) is 4. The van der Waals surface area contributed by atoms with E-state index in [2.05, 4.69) is 10.4 Å². The number of nitrogens with one attached hydrogen (secondary N) is 1. The molecule has 3 N–H and O–H groups in total. The molecule has 0 radical (unpaired) electrons. The maximum Gasteiger partial charge on any atom is 0.123 e. The molecule has 3 nitrogen and oxygen atoms in total. The second-order valence-electron chi connectivity index (χ2n) is 4.34. The number of aryl methyl sites for hydroxylation is 2. The van der Waals surface area contributed by atoms with Crippen molar-refractivity contribution >= 4 is 11.3 Å². The highest BCUT2D eigenvalue weighted by Gasteiger charge is 2.13. The number of nitrogens with zero attached hydrogens (tertiary/aromatic N) is 1. The molecule has 1 aromatic carbocycles. The van der Waals surface area contributed by atoms with Crippen molar-refractivity contribution in [2.45, 2.75) is 26.3 Å². The minimum absolute atomic E-state index is 0.124. The van der Waals surface area contributed by atoms with Crippen molar-refractivity contribution in [3.63, 3.8) is 0 Å². The fraction of sp³-hybridized carbons (Fsp3) is 0.308. The molecule has 0 aliphatic heterocycles. The zero-order valence-corrected chi connectivity index (χ0v) is 11.2. The van der Waals surface area contributed by atoms with E-state index in [-0.39, 0.29) is 11.9 Å². The molecule has 0 amide bonds. The molecule has 0 saturated heterocycles. The van der Waals surface area contributed by atoms with Crippen LogP contribution in [0.3, 0.4) is 0 Å². The van der Waals surface area contributed by atoms with Gasteiger partial charge in [0.1, 0.15) is 5.82 Å². The standard InChI is InChI=1S/C13H16FN3S/c1-8-3-10(5-11(14)4-8)13(17-15)6-12-7-18-9(2)16-12/h3-5,7,13,17H,6,15H2,1-2H3. The largest absolute Gasteiger partial charge is 0.271 e. The lowest BCUT2D eigenvalue weighted by atomic mass is 10.0. The van der Waals surface area contributed by atoms with Gasteiger partial charge < -0.3 is 0 Å². The van der Waals surface area contributed by atoms with E-state index in [0.717, 1.165) is 21.8 Å². The normalized spacial score (nSPS) is 12.7. The topological polar surface area (TPSA) is 50.9 Å². The van der Waals surface area contributed by atoms with Crippen LogP contribution in [0.2, 0.25) is 0 Å². The van der Waals surface area contributed by atoms with Gasteiger partial charge in [0.15, 0.2) is 0 Å². The number of rotatable bonds is 4. The number of thiazole rings is 1. The molecule has 1 atom stereocenters. The Labute approximate surface area is 110 Å². The van der Waals surface area contributed by atoms with Crippen molar-refractivity contribution in [2.75, 3.05) is 0 Å². The highest BCUT2D eigenvalue weighted by molar-refractivity contribution is 7.09. The molecular formula is C13H16FN3S. The zero-order valence-electron chi connectivity index (χ0n) is 10.4. The second-order valence-corrected chi connectivity index (χ2v) is 5.41. The van der Waals surface area contributed by atoms with E-state index in [1.807, 2.05) is 25.3 Å². The van der Waals surface area contributed by atoms with Crippen LogP contribution in [0.15, 0.2) is 23.6 Å². The fourth-order valence-corrected chi connectivity index (χ4v) is 2.58. The summed E-state index contributed by atoms with van der Waals surface area (Å²) in [5.41, 5.74) is 5.44. The van der Waals surface area contributed by atoms with Crippen molar-refractivity contribution in [1.29, 1.82) is 0 Å². The Balaban J connectivity index is 2.22. The molecule has 0 bridgehead atoms. The molecule has 5 heteroatoms. The average Bonchev–Trinajstić information content (AvgIpc) is 2.70. The monoisotopic (exact) mass is 265 g/mol. The van der Waals surface area contributed by atoms with Gasteiger partial charge >= 0.3 is 0 Å². The molecule has 0 saturated carbocycles. The first-order valence-electron chi connectivity index (χ1n) is 5.72. The molecule has 0 aliphatic carbocycles. The van der Waals surface area contributed by atoms with E-state index in [0.29, 0.717) is 6.42 Å². The number of benzene rings is 1. The van der Waals surface area contributed by atoms with Crippen LogP contribution in [0.4, 0.5) is 4.39 Å². The lowest BCUT2D eigenvalue weighted by molar-refractivity contribution is 0.539. The molecule has 2 aromatic rings. The summed E-state index contributed by atoms with van der Waals surface area (Å²) in [6.07, 6.45) is 0.656. The lowest BCUT2D eigenvalue weighted by Crippen LogP contribution is -2.29. The third-order valence-electron chi connectivity index (χ3n) is 2.75. The minimum Gasteiger partial charge on any atom is -0.271 e. The Morgan fingerprint density at radius 2 is 2.17 bits per heavy atom. The van der Waals surface area contributed by atoms with Gasteiger partial charge in [-0.25, -0.2) is 9.37 Å². The van der Waals surface area contributed by atoms with Gasteiger partial charge in [0.05, 0.1) is 16.7 Å². The van der Waals surface area contributed by atoms with E-state index in [1.54, 1.807) is 11.3 Å². The van der Waals surface area contributed by atoms with E-state index >= 15 is 0 Å². The lowest BCUT2D eigenvalue weighted by Gasteiger charge is -2.16. The maximum atomic E-state index is 13.4. The van der Waals surface area contributed by atoms with E-state index in [1.165, 1.54) is 12.1 Å². The Morgan fingerprint density at radius 3 is 2.72 bits per heavy atom. The number of halogens is 1. The number of hydrogen-bond donors (Lipinski definition) is 2. The first-order valence-corrected chi connectivity index (χ1v) is 6.60. The molecule has 96 valence electrons. The van der Waals surface area contributed by atoms with Crippen LogP contribution in [-0.4, -0.2) is 4.98 Å². The van der Waals surface area contributed by atoms with Crippen LogP contribution >= 0.6 is 11.3 Å². The Hall–Kier alpha value is -1.30. The van der Waals surface area contributed by atoms with Crippen molar-refractivity contribution in [3.8, 4) is 0 Å². The first kappa shape index (κ1) is 13.1. The zero-order chi connectivity index (χ0) is 13.1. The Morgan fingerprint density at radius 1 is 1.39 bits per heavy atom. The first-order chi connectivity index (χ1) is 8.58. The van der Waals surface area contributed by atoms with E-state index in [9.17, 15) is 4.39 Å². The van der Waals surface area contributed by atoms with Crippen molar-refractivity contribution in [3.05, 3.63) is 51.2 Å². The average molecular weight is 265 g/mol. The van der Waals surface area contributed by atoms with Gasteiger partial charge in [-0.2, -0.15) is 0 Å². The summed E-state index contributed by atoms with van der Waals surface area (Å²) in [6, 6.07) is 4.83. The Bertz CT molecular complexity index is 519. The summed E-state index contributed by atoms with van der Waals surface area (Å²) >= 11 is 1.60. The van der Waals surface area contributed by atoms with Crippen LogP contribution in [0, 0.1) is 19.7 Å². The maximum absolute atomic E-state index is 13.4. The van der Waals surface area contributed by atoms with Gasteiger partial charge in [-0.15, -0.1) is 11.3 Å². The van der Waals surface area contributed by atoms with Gasteiger partial charge in [0.2, 0.25) is 0 Å². The van der Waals surface area contributed by atoms with Gasteiger partial charge in [0.25, 0.3) is 0 Å². The van der Waals surface area contributed by atoms with Crippen molar-refractivity contribution in [1.82, 2.24) is 10.4 Å². The summed E-state index contributed by atoms with van der Waals surface area (Å²) in [6.45, 7) is 3.83. The molecule has 0 spiro atoms. The molecule has 0 fully saturated rings. The highest BCUT2D eigenvalue weighted by Crippen LogP contribution is 2.21. The molecule has 1 heterocycles. The molecule has 1 unspecified atom stereocenters. The molecule has 18 heavy (non-hydrogen) atoms. The quantitative estimate of drug-likeness (QED) is 0.660. The summed E-state index contributed by atoms with van der Waals surface area (Å²) in [4.78, 5) is 4.40. The third kappa shape index (κ3) is 3.13. The highest BCUT2D eigenvalue weighted by atomic mass is 32.1. The predicted octanol–water partition coefficient (Wildman–Crippen LogP) is 2.65. The SMILES string of the molecule is Cc1cc(F)cc(C(Cc2csc(C)n2)NN)c1. The fourth-order valence-electron chi connectivity index (χ4n) is 1.95. The molecule has 1 aromatic heterocycles. The third-order valence-corrected chi connectivity index (χ3v) is 3.57. The number of nitrogens with two attached hydrogens (primary N) is 1. The summed E-state index contributed by atoms with van der Waals surface area (Å²) in [7, 11) is 0. The van der Waals surface area contributed by atoms with Crippen LogP contribution in [0.5, 0.6) is 0 Å². The summed E-state index contributed by atoms with van der Waals surface area (Å²) < 4.78 is 13.4. The minimum atomic E-state index is -0.236. The van der Waals surface area contributed by atoms with Crippen LogP contribution in [0.1, 0.15) is 27.9 Å². The van der Waals surface area contributed by atoms with Crippen molar-refractivity contribution < 1.29 is 4.39 Å². The number of aromatic nitrogens is 1. The summed E-state index contributed by atoms with van der Waals surface area (Å²) in [5, 5.41) is 3.03. The Kier molecular flexibility index (Phi) is 4.06.